The van der Waals surface area contributed by atoms with E-state index in [0.29, 0.717) is 16.4 Å². The molecule has 2 aromatic rings. The monoisotopic (exact) mass is 237 g/mol. The maximum atomic E-state index is 9.15. The highest BCUT2D eigenvalue weighted by molar-refractivity contribution is 6.30. The summed E-state index contributed by atoms with van der Waals surface area (Å²) >= 11 is 5.90. The lowest BCUT2D eigenvalue weighted by Crippen LogP contribution is -2.02. The molecule has 0 aliphatic heterocycles. The standard InChI is InChI=1S/C11H12ClN3O/c1-7-10(6-16)11(13)15(14-7)9-4-2-3-8(12)5-9/h2-5,16H,6,13H2,1H3. The quantitative estimate of drug-likeness (QED) is 0.839. The van der Waals surface area contributed by atoms with Crippen LogP contribution in [0.25, 0.3) is 5.69 Å². The largest absolute Gasteiger partial charge is 0.391 e. The summed E-state index contributed by atoms with van der Waals surface area (Å²) in [4.78, 5) is 0. The van der Waals surface area contributed by atoms with E-state index in [9.17, 15) is 0 Å². The first-order valence-electron chi connectivity index (χ1n) is 4.84. The number of aliphatic hydroxyl groups excluding tert-OH is 1. The molecule has 0 spiro atoms. The van der Waals surface area contributed by atoms with Gasteiger partial charge in [0.2, 0.25) is 0 Å². The van der Waals surface area contributed by atoms with Gasteiger partial charge in [-0.2, -0.15) is 5.10 Å². The van der Waals surface area contributed by atoms with E-state index in [1.54, 1.807) is 16.8 Å². The van der Waals surface area contributed by atoms with Gasteiger partial charge in [-0.3, -0.25) is 0 Å². The highest BCUT2D eigenvalue weighted by Gasteiger charge is 2.12. The van der Waals surface area contributed by atoms with Crippen LogP contribution in [0.15, 0.2) is 24.3 Å². The Morgan fingerprint density at radius 2 is 2.25 bits per heavy atom. The molecule has 0 aliphatic rings. The summed E-state index contributed by atoms with van der Waals surface area (Å²) in [6.07, 6.45) is 0. The van der Waals surface area contributed by atoms with Gasteiger partial charge in [0, 0.05) is 10.6 Å². The Kier molecular flexibility index (Phi) is 2.85. The third-order valence-electron chi connectivity index (χ3n) is 2.43. The Bertz CT molecular complexity index is 522. The van der Waals surface area contributed by atoms with Crippen LogP contribution in [-0.2, 0) is 6.61 Å². The van der Waals surface area contributed by atoms with Crippen LogP contribution in [0.4, 0.5) is 5.82 Å². The van der Waals surface area contributed by atoms with Crippen molar-refractivity contribution >= 4 is 17.4 Å². The van der Waals surface area contributed by atoms with Gasteiger partial charge in [-0.15, -0.1) is 0 Å². The molecule has 0 radical (unpaired) electrons. The molecule has 4 nitrogen and oxygen atoms in total. The molecule has 0 bridgehead atoms. The van der Waals surface area contributed by atoms with Crippen molar-refractivity contribution in [2.24, 2.45) is 0 Å². The molecular weight excluding hydrogens is 226 g/mol. The number of rotatable bonds is 2. The van der Waals surface area contributed by atoms with E-state index in [1.807, 2.05) is 19.1 Å². The molecule has 2 rings (SSSR count). The van der Waals surface area contributed by atoms with Gasteiger partial charge >= 0.3 is 0 Å². The van der Waals surface area contributed by atoms with Gasteiger partial charge < -0.3 is 10.8 Å². The van der Waals surface area contributed by atoms with Gasteiger partial charge in [0.25, 0.3) is 0 Å². The average Bonchev–Trinajstić information content (AvgIpc) is 2.54. The second-order valence-electron chi connectivity index (χ2n) is 3.50. The van der Waals surface area contributed by atoms with E-state index < -0.39 is 0 Å². The van der Waals surface area contributed by atoms with Crippen LogP contribution in [0.2, 0.25) is 5.02 Å². The fourth-order valence-corrected chi connectivity index (χ4v) is 1.76. The van der Waals surface area contributed by atoms with Crippen molar-refractivity contribution in [1.29, 1.82) is 0 Å². The summed E-state index contributed by atoms with van der Waals surface area (Å²) in [5, 5.41) is 14.0. The van der Waals surface area contributed by atoms with Crippen molar-refractivity contribution < 1.29 is 5.11 Å². The summed E-state index contributed by atoms with van der Waals surface area (Å²) in [7, 11) is 0. The second kappa shape index (κ2) is 4.15. The van der Waals surface area contributed by atoms with E-state index >= 15 is 0 Å². The molecule has 16 heavy (non-hydrogen) atoms. The molecule has 1 aromatic carbocycles. The van der Waals surface area contributed by atoms with Crippen LogP contribution in [0.1, 0.15) is 11.3 Å². The van der Waals surface area contributed by atoms with E-state index in [2.05, 4.69) is 5.10 Å². The number of halogens is 1. The minimum absolute atomic E-state index is 0.113. The van der Waals surface area contributed by atoms with Crippen LogP contribution in [0.5, 0.6) is 0 Å². The molecule has 3 N–H and O–H groups in total. The van der Waals surface area contributed by atoms with Crippen LogP contribution >= 0.6 is 11.6 Å². The number of hydrogen-bond donors (Lipinski definition) is 2. The van der Waals surface area contributed by atoms with Crippen molar-refractivity contribution in [2.75, 3.05) is 5.73 Å². The topological polar surface area (TPSA) is 64.1 Å². The molecule has 0 fully saturated rings. The molecule has 0 saturated carbocycles. The molecule has 84 valence electrons. The number of aromatic nitrogens is 2. The van der Waals surface area contributed by atoms with Gasteiger partial charge in [0.15, 0.2) is 0 Å². The normalized spacial score (nSPS) is 10.7. The van der Waals surface area contributed by atoms with Gasteiger partial charge in [-0.25, -0.2) is 4.68 Å². The zero-order valence-electron chi connectivity index (χ0n) is 8.81. The van der Waals surface area contributed by atoms with E-state index in [4.69, 9.17) is 22.4 Å². The van der Waals surface area contributed by atoms with Gasteiger partial charge in [0.1, 0.15) is 5.82 Å². The van der Waals surface area contributed by atoms with Crippen molar-refractivity contribution in [1.82, 2.24) is 9.78 Å². The number of nitrogen functional groups attached to an aromatic ring is 1. The highest BCUT2D eigenvalue weighted by atomic mass is 35.5. The third kappa shape index (κ3) is 1.77. The minimum atomic E-state index is -0.113. The zero-order valence-corrected chi connectivity index (χ0v) is 9.57. The van der Waals surface area contributed by atoms with Crippen molar-refractivity contribution in [2.45, 2.75) is 13.5 Å². The lowest BCUT2D eigenvalue weighted by atomic mass is 10.2. The van der Waals surface area contributed by atoms with Crippen LogP contribution in [-0.4, -0.2) is 14.9 Å². The zero-order chi connectivity index (χ0) is 11.7. The van der Waals surface area contributed by atoms with Crippen LogP contribution in [0, 0.1) is 6.92 Å². The Labute approximate surface area is 98.3 Å². The predicted molar refractivity (Wildman–Crippen MR) is 63.6 cm³/mol. The number of hydrogen-bond acceptors (Lipinski definition) is 3. The number of anilines is 1. The number of benzene rings is 1. The number of aryl methyl sites for hydroxylation is 1. The highest BCUT2D eigenvalue weighted by Crippen LogP contribution is 2.22. The second-order valence-corrected chi connectivity index (χ2v) is 3.94. The molecule has 0 unspecified atom stereocenters. The molecule has 1 aromatic heterocycles. The fourth-order valence-electron chi connectivity index (χ4n) is 1.58. The Hall–Kier alpha value is -1.52. The maximum absolute atomic E-state index is 9.15. The van der Waals surface area contributed by atoms with Gasteiger partial charge in [-0.05, 0) is 25.1 Å². The predicted octanol–water partition coefficient (Wildman–Crippen LogP) is 1.91. The van der Waals surface area contributed by atoms with E-state index in [-0.39, 0.29) is 6.61 Å². The molecule has 0 amide bonds. The van der Waals surface area contributed by atoms with Gasteiger partial charge in [0.05, 0.1) is 18.0 Å². The summed E-state index contributed by atoms with van der Waals surface area (Å²) in [6, 6.07) is 7.23. The average molecular weight is 238 g/mol. The molecule has 5 heteroatoms. The Morgan fingerprint density at radius 3 is 2.81 bits per heavy atom. The molecular formula is C11H12ClN3O. The van der Waals surface area contributed by atoms with E-state index in [1.165, 1.54) is 0 Å². The lowest BCUT2D eigenvalue weighted by Gasteiger charge is -2.04. The number of nitrogens with two attached hydrogens (primary N) is 1. The minimum Gasteiger partial charge on any atom is -0.391 e. The van der Waals surface area contributed by atoms with E-state index in [0.717, 1.165) is 11.4 Å². The smallest absolute Gasteiger partial charge is 0.133 e. The summed E-state index contributed by atoms with van der Waals surface area (Å²) in [6.45, 7) is 1.70. The first-order chi connectivity index (χ1) is 7.63. The number of aliphatic hydroxyl groups is 1. The van der Waals surface area contributed by atoms with Crippen molar-refractivity contribution in [3.63, 3.8) is 0 Å². The maximum Gasteiger partial charge on any atom is 0.133 e. The molecule has 0 aliphatic carbocycles. The summed E-state index contributed by atoms with van der Waals surface area (Å²) in [5.74, 6) is 0.447. The van der Waals surface area contributed by atoms with Crippen molar-refractivity contribution in [3.8, 4) is 5.69 Å². The summed E-state index contributed by atoms with van der Waals surface area (Å²) < 4.78 is 1.58. The lowest BCUT2D eigenvalue weighted by molar-refractivity contribution is 0.282. The summed E-state index contributed by atoms with van der Waals surface area (Å²) in [5.41, 5.74) is 8.05. The Morgan fingerprint density at radius 1 is 1.50 bits per heavy atom. The van der Waals surface area contributed by atoms with Crippen LogP contribution in [0.3, 0.4) is 0 Å². The van der Waals surface area contributed by atoms with Crippen LogP contribution < -0.4 is 5.73 Å². The first kappa shape index (κ1) is 11.0. The van der Waals surface area contributed by atoms with Crippen molar-refractivity contribution in [3.05, 3.63) is 40.5 Å². The molecule has 0 saturated heterocycles. The fraction of sp³-hybridized carbons (Fsp3) is 0.182. The SMILES string of the molecule is Cc1nn(-c2cccc(Cl)c2)c(N)c1CO. The first-order valence-corrected chi connectivity index (χ1v) is 5.22. The van der Waals surface area contributed by atoms with Gasteiger partial charge in [-0.1, -0.05) is 17.7 Å². The molecule has 0 atom stereocenters. The third-order valence-corrected chi connectivity index (χ3v) is 2.67. The number of nitrogens with zero attached hydrogens (tertiary/aromatic N) is 2. The Balaban J connectivity index is 2.56. The molecule has 1 heterocycles.